The first-order chi connectivity index (χ1) is 4.77. The molecule has 0 aromatic carbocycles. The SMILES string of the molecule is C#CC1OC(=O)OC1CC. The van der Waals surface area contributed by atoms with Gasteiger partial charge >= 0.3 is 6.16 Å². The maximum absolute atomic E-state index is 10.4. The zero-order valence-electron chi connectivity index (χ0n) is 5.66. The highest BCUT2D eigenvalue weighted by Gasteiger charge is 2.33. The smallest absolute Gasteiger partial charge is 0.426 e. The lowest BCUT2D eigenvalue weighted by Crippen LogP contribution is -2.19. The normalized spacial score (nSPS) is 30.6. The predicted octanol–water partition coefficient (Wildman–Crippen LogP) is 0.934. The summed E-state index contributed by atoms with van der Waals surface area (Å²) in [6, 6.07) is 0. The molecule has 0 saturated carbocycles. The van der Waals surface area contributed by atoms with Crippen molar-refractivity contribution in [2.24, 2.45) is 0 Å². The van der Waals surface area contributed by atoms with Gasteiger partial charge in [0.2, 0.25) is 6.10 Å². The summed E-state index contributed by atoms with van der Waals surface area (Å²) in [5.41, 5.74) is 0. The summed E-state index contributed by atoms with van der Waals surface area (Å²) in [5.74, 6) is 2.33. The van der Waals surface area contributed by atoms with Crippen LogP contribution in [0, 0.1) is 12.3 Å². The third-order valence-electron chi connectivity index (χ3n) is 1.38. The predicted molar refractivity (Wildman–Crippen MR) is 34.3 cm³/mol. The largest absolute Gasteiger partial charge is 0.510 e. The lowest BCUT2D eigenvalue weighted by atomic mass is 10.2. The van der Waals surface area contributed by atoms with Gasteiger partial charge in [-0.1, -0.05) is 12.8 Å². The highest BCUT2D eigenvalue weighted by atomic mass is 16.8. The van der Waals surface area contributed by atoms with Crippen molar-refractivity contribution >= 4 is 6.16 Å². The lowest BCUT2D eigenvalue weighted by molar-refractivity contribution is 0.117. The minimum atomic E-state index is -0.658. The molecule has 1 saturated heterocycles. The van der Waals surface area contributed by atoms with Crippen molar-refractivity contribution in [2.75, 3.05) is 0 Å². The average molecular weight is 140 g/mol. The fourth-order valence-electron chi connectivity index (χ4n) is 0.831. The summed E-state index contributed by atoms with van der Waals surface area (Å²) in [6.07, 6.45) is 4.35. The first kappa shape index (κ1) is 6.94. The molecular formula is C7H8O3. The molecule has 1 aliphatic heterocycles. The van der Waals surface area contributed by atoms with Gasteiger partial charge in [-0.05, 0) is 6.42 Å². The van der Waals surface area contributed by atoms with Crippen molar-refractivity contribution in [3.05, 3.63) is 0 Å². The van der Waals surface area contributed by atoms with Gasteiger partial charge in [-0.3, -0.25) is 0 Å². The molecule has 1 heterocycles. The number of hydrogen-bond acceptors (Lipinski definition) is 3. The summed E-state index contributed by atoms with van der Waals surface area (Å²) in [7, 11) is 0. The molecule has 0 aliphatic carbocycles. The van der Waals surface area contributed by atoms with Crippen LogP contribution in [0.2, 0.25) is 0 Å². The van der Waals surface area contributed by atoms with Gasteiger partial charge in [-0.15, -0.1) is 6.42 Å². The van der Waals surface area contributed by atoms with E-state index in [1.54, 1.807) is 0 Å². The number of carbonyl (C=O) groups excluding carboxylic acids is 1. The second-order valence-electron chi connectivity index (χ2n) is 2.02. The molecule has 0 radical (unpaired) electrons. The zero-order chi connectivity index (χ0) is 7.56. The molecule has 0 aromatic rings. The Labute approximate surface area is 59.3 Å². The Hall–Kier alpha value is -1.17. The van der Waals surface area contributed by atoms with E-state index < -0.39 is 12.3 Å². The monoisotopic (exact) mass is 140 g/mol. The molecule has 10 heavy (non-hydrogen) atoms. The van der Waals surface area contributed by atoms with Crippen LogP contribution in [0.15, 0.2) is 0 Å². The fraction of sp³-hybridized carbons (Fsp3) is 0.571. The van der Waals surface area contributed by atoms with Crippen LogP contribution in [0.4, 0.5) is 4.79 Å². The molecule has 0 bridgehead atoms. The van der Waals surface area contributed by atoms with E-state index in [-0.39, 0.29) is 6.10 Å². The van der Waals surface area contributed by atoms with E-state index >= 15 is 0 Å². The summed E-state index contributed by atoms with van der Waals surface area (Å²) < 4.78 is 9.33. The zero-order valence-corrected chi connectivity index (χ0v) is 5.66. The molecule has 1 aliphatic rings. The van der Waals surface area contributed by atoms with Crippen molar-refractivity contribution in [2.45, 2.75) is 25.6 Å². The van der Waals surface area contributed by atoms with Crippen LogP contribution in [-0.4, -0.2) is 18.4 Å². The van der Waals surface area contributed by atoms with Gasteiger partial charge in [0.25, 0.3) is 0 Å². The van der Waals surface area contributed by atoms with E-state index in [1.807, 2.05) is 6.92 Å². The molecule has 54 valence electrons. The standard InChI is InChI=1S/C7H8O3/c1-3-5-6(4-2)10-7(8)9-5/h1,5-6H,4H2,2H3. The van der Waals surface area contributed by atoms with Crippen molar-refractivity contribution < 1.29 is 14.3 Å². The minimum absolute atomic E-state index is 0.252. The van der Waals surface area contributed by atoms with Crippen molar-refractivity contribution in [1.29, 1.82) is 0 Å². The van der Waals surface area contributed by atoms with Crippen molar-refractivity contribution in [1.82, 2.24) is 0 Å². The molecule has 2 unspecified atom stereocenters. The average Bonchev–Trinajstić information content (AvgIpc) is 2.30. The van der Waals surface area contributed by atoms with Crippen LogP contribution in [-0.2, 0) is 9.47 Å². The van der Waals surface area contributed by atoms with Crippen LogP contribution < -0.4 is 0 Å². The first-order valence-electron chi connectivity index (χ1n) is 3.11. The quantitative estimate of drug-likeness (QED) is 0.401. The Morgan fingerprint density at radius 2 is 2.40 bits per heavy atom. The first-order valence-corrected chi connectivity index (χ1v) is 3.11. The maximum atomic E-state index is 10.4. The molecular weight excluding hydrogens is 132 g/mol. The number of rotatable bonds is 1. The van der Waals surface area contributed by atoms with E-state index in [2.05, 4.69) is 10.7 Å². The van der Waals surface area contributed by atoms with Crippen molar-refractivity contribution in [3.8, 4) is 12.3 Å². The number of ether oxygens (including phenoxy) is 2. The molecule has 3 heteroatoms. The molecule has 1 fully saturated rings. The van der Waals surface area contributed by atoms with Gasteiger partial charge in [-0.25, -0.2) is 4.79 Å². The van der Waals surface area contributed by atoms with Gasteiger partial charge in [0.1, 0.15) is 0 Å². The third kappa shape index (κ3) is 1.06. The lowest BCUT2D eigenvalue weighted by Gasteiger charge is -2.04. The maximum Gasteiger partial charge on any atom is 0.510 e. The van der Waals surface area contributed by atoms with Crippen molar-refractivity contribution in [3.63, 3.8) is 0 Å². The summed E-state index contributed by atoms with van der Waals surface area (Å²) in [4.78, 5) is 10.4. The topological polar surface area (TPSA) is 35.5 Å². The molecule has 0 N–H and O–H groups in total. The second kappa shape index (κ2) is 2.61. The number of cyclic esters (lactones) is 2. The molecule has 1 rings (SSSR count). The minimum Gasteiger partial charge on any atom is -0.426 e. The molecule has 3 nitrogen and oxygen atoms in total. The molecule has 0 aromatic heterocycles. The summed E-state index contributed by atoms with van der Waals surface area (Å²) in [6.45, 7) is 1.89. The van der Waals surface area contributed by atoms with Crippen LogP contribution >= 0.6 is 0 Å². The van der Waals surface area contributed by atoms with Gasteiger partial charge in [0.05, 0.1) is 0 Å². The van der Waals surface area contributed by atoms with Gasteiger partial charge in [0, 0.05) is 0 Å². The Balaban J connectivity index is 2.59. The van der Waals surface area contributed by atoms with E-state index in [0.717, 1.165) is 0 Å². The van der Waals surface area contributed by atoms with Crippen LogP contribution in [0.5, 0.6) is 0 Å². The van der Waals surface area contributed by atoms with E-state index in [0.29, 0.717) is 6.42 Å². The van der Waals surface area contributed by atoms with E-state index in [9.17, 15) is 4.79 Å². The van der Waals surface area contributed by atoms with Gasteiger partial charge < -0.3 is 9.47 Å². The second-order valence-corrected chi connectivity index (χ2v) is 2.02. The van der Waals surface area contributed by atoms with Gasteiger partial charge in [0.15, 0.2) is 6.10 Å². The fourth-order valence-corrected chi connectivity index (χ4v) is 0.831. The molecule has 0 spiro atoms. The highest BCUT2D eigenvalue weighted by Crippen LogP contribution is 2.16. The Morgan fingerprint density at radius 1 is 1.70 bits per heavy atom. The van der Waals surface area contributed by atoms with Crippen LogP contribution in [0.3, 0.4) is 0 Å². The Bertz CT molecular complexity index is 180. The number of carbonyl (C=O) groups is 1. The Kier molecular flexibility index (Phi) is 1.81. The summed E-state index contributed by atoms with van der Waals surface area (Å²) in [5, 5.41) is 0. The van der Waals surface area contributed by atoms with Crippen LogP contribution in [0.1, 0.15) is 13.3 Å². The van der Waals surface area contributed by atoms with Crippen LogP contribution in [0.25, 0.3) is 0 Å². The highest BCUT2D eigenvalue weighted by molar-refractivity contribution is 5.63. The van der Waals surface area contributed by atoms with Gasteiger partial charge in [-0.2, -0.15) is 0 Å². The Morgan fingerprint density at radius 3 is 2.80 bits per heavy atom. The van der Waals surface area contributed by atoms with E-state index in [4.69, 9.17) is 11.2 Å². The number of hydrogen-bond donors (Lipinski definition) is 0. The molecule has 0 amide bonds. The summed E-state index contributed by atoms with van der Waals surface area (Å²) >= 11 is 0. The number of terminal acetylenes is 1. The van der Waals surface area contributed by atoms with E-state index in [1.165, 1.54) is 0 Å². The molecule has 2 atom stereocenters. The third-order valence-corrected chi connectivity index (χ3v) is 1.38.